The quantitative estimate of drug-likeness (QED) is 0.639. The Balaban J connectivity index is 2.05. The van der Waals surface area contributed by atoms with Crippen molar-refractivity contribution in [3.05, 3.63) is 17.5 Å². The molecule has 3 N–H and O–H groups in total. The molecule has 2 rings (SSSR count). The maximum Gasteiger partial charge on any atom is 0.305 e. The van der Waals surface area contributed by atoms with Crippen LogP contribution in [0.2, 0.25) is 0 Å². The predicted molar refractivity (Wildman–Crippen MR) is 87.3 cm³/mol. The zero-order valence-electron chi connectivity index (χ0n) is 13.1. The molecule has 1 aliphatic rings. The van der Waals surface area contributed by atoms with Crippen molar-refractivity contribution in [2.45, 2.75) is 42.0 Å². The van der Waals surface area contributed by atoms with Crippen molar-refractivity contribution in [3.8, 4) is 0 Å². The summed E-state index contributed by atoms with van der Waals surface area (Å²) in [5, 5.41) is 13.4. The highest BCUT2D eigenvalue weighted by Gasteiger charge is 2.37. The average molecular weight is 376 g/mol. The fraction of sp³-hybridized carbons (Fsp3) is 0.571. The van der Waals surface area contributed by atoms with E-state index in [-0.39, 0.29) is 10.6 Å². The molecular formula is C14H20N2O6S2. The van der Waals surface area contributed by atoms with Gasteiger partial charge in [-0.25, -0.2) is 8.42 Å². The number of rotatable bonds is 7. The number of hydrogen-bond donors (Lipinski definition) is 3. The van der Waals surface area contributed by atoms with Crippen LogP contribution in [-0.2, 0) is 24.3 Å². The highest BCUT2D eigenvalue weighted by atomic mass is 32.2. The van der Waals surface area contributed by atoms with Gasteiger partial charge < -0.3 is 15.2 Å². The fourth-order valence-corrected chi connectivity index (χ4v) is 4.74. The number of carbonyl (C=O) groups excluding carboxylic acids is 1. The second-order valence-corrected chi connectivity index (χ2v) is 8.62. The summed E-state index contributed by atoms with van der Waals surface area (Å²) in [5.41, 5.74) is -0.913. The molecular weight excluding hydrogens is 356 g/mol. The van der Waals surface area contributed by atoms with Crippen molar-refractivity contribution in [2.24, 2.45) is 0 Å². The van der Waals surface area contributed by atoms with E-state index in [1.165, 1.54) is 13.0 Å². The molecule has 1 saturated heterocycles. The summed E-state index contributed by atoms with van der Waals surface area (Å²) in [6.07, 6.45) is 0.511. The number of ether oxygens (including phenoxy) is 1. The van der Waals surface area contributed by atoms with Crippen molar-refractivity contribution in [1.29, 1.82) is 0 Å². The van der Waals surface area contributed by atoms with Crippen LogP contribution in [-0.4, -0.2) is 50.2 Å². The first-order valence-corrected chi connectivity index (χ1v) is 9.78. The van der Waals surface area contributed by atoms with Crippen LogP contribution in [0.5, 0.6) is 0 Å². The molecule has 8 nitrogen and oxygen atoms in total. The number of nitrogens with one attached hydrogen (secondary N) is 2. The van der Waals surface area contributed by atoms with Gasteiger partial charge in [-0.2, -0.15) is 4.72 Å². The fourth-order valence-electron chi connectivity index (χ4n) is 2.53. The van der Waals surface area contributed by atoms with Gasteiger partial charge in [0.05, 0.1) is 18.0 Å². The number of carboxylic acids is 1. The maximum absolute atomic E-state index is 12.4. The Morgan fingerprint density at radius 2 is 2.08 bits per heavy atom. The molecule has 2 heterocycles. The summed E-state index contributed by atoms with van der Waals surface area (Å²) in [6, 6.07) is 2.03. The summed E-state index contributed by atoms with van der Waals surface area (Å²) in [4.78, 5) is 23.5. The molecule has 1 aromatic rings. The standard InChI is InChI=1S/C14H20N2O6S2/c1-10(16-24(20,21)12-3-2-8-23-12)13(19)15-14(9-11(17)18)4-6-22-7-5-14/h2-3,8,10,16H,4-7,9H2,1H3,(H,15,19)(H,17,18). The Kier molecular flexibility index (Phi) is 5.97. The van der Waals surface area contributed by atoms with Crippen LogP contribution in [0.15, 0.2) is 21.7 Å². The summed E-state index contributed by atoms with van der Waals surface area (Å²) < 4.78 is 32.0. The number of amides is 1. The topological polar surface area (TPSA) is 122 Å². The Morgan fingerprint density at radius 3 is 2.62 bits per heavy atom. The molecule has 0 bridgehead atoms. The summed E-state index contributed by atoms with van der Waals surface area (Å²) in [5.74, 6) is -1.58. The Labute approximate surface area is 144 Å². The number of hydrogen-bond acceptors (Lipinski definition) is 6. The van der Waals surface area contributed by atoms with Gasteiger partial charge in [0.25, 0.3) is 10.0 Å². The first-order chi connectivity index (χ1) is 11.2. The Bertz CT molecular complexity index is 680. The van der Waals surface area contributed by atoms with Crippen LogP contribution in [0.3, 0.4) is 0 Å². The molecule has 24 heavy (non-hydrogen) atoms. The number of carboxylic acid groups (broad SMARTS) is 1. The van der Waals surface area contributed by atoms with Crippen LogP contribution in [0.1, 0.15) is 26.2 Å². The lowest BCUT2D eigenvalue weighted by molar-refractivity contribution is -0.140. The second-order valence-electron chi connectivity index (χ2n) is 5.73. The molecule has 0 saturated carbocycles. The van der Waals surface area contributed by atoms with Gasteiger partial charge in [-0.15, -0.1) is 11.3 Å². The number of aliphatic carboxylic acids is 1. The lowest BCUT2D eigenvalue weighted by Crippen LogP contribution is -2.57. The van der Waals surface area contributed by atoms with E-state index in [9.17, 15) is 18.0 Å². The molecule has 1 aliphatic heterocycles. The highest BCUT2D eigenvalue weighted by molar-refractivity contribution is 7.91. The first kappa shape index (κ1) is 18.8. The molecule has 1 atom stereocenters. The SMILES string of the molecule is CC(NS(=O)(=O)c1cccs1)C(=O)NC1(CC(=O)O)CCOCC1. The van der Waals surface area contributed by atoms with Gasteiger partial charge in [-0.1, -0.05) is 6.07 Å². The van der Waals surface area contributed by atoms with Gasteiger partial charge in [-0.3, -0.25) is 9.59 Å². The van der Waals surface area contributed by atoms with Gasteiger partial charge >= 0.3 is 5.97 Å². The molecule has 1 aromatic heterocycles. The Morgan fingerprint density at radius 1 is 1.42 bits per heavy atom. The largest absolute Gasteiger partial charge is 0.481 e. The summed E-state index contributed by atoms with van der Waals surface area (Å²) >= 11 is 1.05. The molecule has 1 unspecified atom stereocenters. The first-order valence-electron chi connectivity index (χ1n) is 7.41. The second kappa shape index (κ2) is 7.60. The third kappa shape index (κ3) is 4.76. The third-order valence-electron chi connectivity index (χ3n) is 3.81. The number of thiophene rings is 1. The lowest BCUT2D eigenvalue weighted by atomic mass is 9.86. The average Bonchev–Trinajstić information content (AvgIpc) is 3.01. The molecule has 0 aromatic carbocycles. The van der Waals surface area contributed by atoms with E-state index in [2.05, 4.69) is 10.0 Å². The van der Waals surface area contributed by atoms with E-state index >= 15 is 0 Å². The summed E-state index contributed by atoms with van der Waals surface area (Å²) in [7, 11) is -3.78. The van der Waals surface area contributed by atoms with Gasteiger partial charge in [0.15, 0.2) is 0 Å². The van der Waals surface area contributed by atoms with Gasteiger partial charge in [0.1, 0.15) is 4.21 Å². The molecule has 10 heteroatoms. The predicted octanol–water partition coefficient (Wildman–Crippen LogP) is 0.555. The van der Waals surface area contributed by atoms with Gasteiger partial charge in [0.2, 0.25) is 5.91 Å². The van der Waals surface area contributed by atoms with Gasteiger partial charge in [-0.05, 0) is 31.2 Å². The molecule has 0 aliphatic carbocycles. The monoisotopic (exact) mass is 376 g/mol. The third-order valence-corrected chi connectivity index (χ3v) is 6.75. The normalized spacial score (nSPS) is 18.7. The minimum atomic E-state index is -3.78. The zero-order chi connectivity index (χ0) is 17.8. The van der Waals surface area contributed by atoms with E-state index < -0.39 is 33.5 Å². The van der Waals surface area contributed by atoms with E-state index in [4.69, 9.17) is 9.84 Å². The minimum Gasteiger partial charge on any atom is -0.481 e. The number of sulfonamides is 1. The van der Waals surface area contributed by atoms with E-state index in [1.54, 1.807) is 11.4 Å². The molecule has 0 spiro atoms. The highest BCUT2D eigenvalue weighted by Crippen LogP contribution is 2.25. The maximum atomic E-state index is 12.4. The Hall–Kier alpha value is -1.49. The van der Waals surface area contributed by atoms with Crippen LogP contribution < -0.4 is 10.0 Å². The van der Waals surface area contributed by atoms with Gasteiger partial charge in [0, 0.05) is 13.2 Å². The lowest BCUT2D eigenvalue weighted by Gasteiger charge is -2.37. The zero-order valence-corrected chi connectivity index (χ0v) is 14.8. The van der Waals surface area contributed by atoms with Crippen LogP contribution in [0.4, 0.5) is 0 Å². The van der Waals surface area contributed by atoms with Crippen molar-refractivity contribution >= 4 is 33.2 Å². The molecule has 0 radical (unpaired) electrons. The molecule has 1 fully saturated rings. The molecule has 1 amide bonds. The van der Waals surface area contributed by atoms with E-state index in [0.717, 1.165) is 11.3 Å². The van der Waals surface area contributed by atoms with E-state index in [1.807, 2.05) is 0 Å². The summed E-state index contributed by atoms with van der Waals surface area (Å²) in [6.45, 7) is 2.13. The van der Waals surface area contributed by atoms with Crippen molar-refractivity contribution in [3.63, 3.8) is 0 Å². The van der Waals surface area contributed by atoms with Crippen molar-refractivity contribution in [1.82, 2.24) is 10.0 Å². The smallest absolute Gasteiger partial charge is 0.305 e. The number of carbonyl (C=O) groups is 2. The van der Waals surface area contributed by atoms with Crippen LogP contribution in [0, 0.1) is 0 Å². The van der Waals surface area contributed by atoms with Crippen LogP contribution >= 0.6 is 11.3 Å². The van der Waals surface area contributed by atoms with Crippen LogP contribution in [0.25, 0.3) is 0 Å². The van der Waals surface area contributed by atoms with Crippen molar-refractivity contribution < 1.29 is 27.9 Å². The van der Waals surface area contributed by atoms with E-state index in [0.29, 0.717) is 26.1 Å². The molecule has 134 valence electrons. The van der Waals surface area contributed by atoms with Crippen molar-refractivity contribution in [2.75, 3.05) is 13.2 Å². The minimum absolute atomic E-state index is 0.119.